The van der Waals surface area contributed by atoms with Gasteiger partial charge in [-0.3, -0.25) is 0 Å². The van der Waals surface area contributed by atoms with Crippen LogP contribution in [0.25, 0.3) is 0 Å². The molecule has 0 fully saturated rings. The van der Waals surface area contributed by atoms with Gasteiger partial charge in [-0.15, -0.1) is 0 Å². The van der Waals surface area contributed by atoms with Crippen molar-refractivity contribution in [3.05, 3.63) is 0 Å². The highest BCUT2D eigenvalue weighted by atomic mass is 127. The monoisotopic (exact) mass is 650 g/mol. The summed E-state index contributed by atoms with van der Waals surface area (Å²) in [7, 11) is 0. The summed E-state index contributed by atoms with van der Waals surface area (Å²) < 4.78 is 43.0. The van der Waals surface area contributed by atoms with Gasteiger partial charge >= 0.3 is 6.18 Å². The lowest BCUT2D eigenvalue weighted by atomic mass is 10.3. The van der Waals surface area contributed by atoms with Crippen molar-refractivity contribution in [2.24, 2.45) is 0 Å². The lowest BCUT2D eigenvalue weighted by molar-refractivity contribution is -0.192. The highest BCUT2D eigenvalue weighted by molar-refractivity contribution is 14.2. The van der Waals surface area contributed by atoms with E-state index < -0.39 is 14.9 Å². The Morgan fingerprint density at radius 1 is 0.929 bits per heavy atom. The second-order valence-corrected chi connectivity index (χ2v) is 13.8. The van der Waals surface area contributed by atoms with E-state index in [2.05, 4.69) is 31.9 Å². The molecule has 0 nitrogen and oxygen atoms in total. The van der Waals surface area contributed by atoms with Gasteiger partial charge in [-0.1, -0.05) is 43.5 Å². The molecule has 0 saturated carbocycles. The Morgan fingerprint density at radius 3 is 1.29 bits per heavy atom. The second kappa shape index (κ2) is 4.88. The van der Waals surface area contributed by atoms with E-state index in [1.54, 1.807) is 0 Å². The summed E-state index contributed by atoms with van der Waals surface area (Å²) in [4.78, 5) is 0. The van der Waals surface area contributed by atoms with Crippen molar-refractivity contribution < 1.29 is 17.6 Å². The van der Waals surface area contributed by atoms with Crippen molar-refractivity contribution in [3.8, 4) is 0 Å². The SMILES string of the molecule is FC(F)(F)C(F)(Br)C(Br)(Br)C(Cl)(I)I. The number of hydrogen-bond acceptors (Lipinski definition) is 0. The highest BCUT2D eigenvalue weighted by Crippen LogP contribution is 2.64. The van der Waals surface area contributed by atoms with Crippen molar-refractivity contribution in [1.82, 2.24) is 0 Å². The summed E-state index contributed by atoms with van der Waals surface area (Å²) in [5, 5.41) is 0. The molecule has 0 aromatic carbocycles. The Bertz CT molecular complexity index is 200. The number of rotatable bonds is 2. The Morgan fingerprint density at radius 2 is 1.21 bits per heavy atom. The highest BCUT2D eigenvalue weighted by Gasteiger charge is 2.71. The molecule has 0 saturated heterocycles. The smallest absolute Gasteiger partial charge is 0.218 e. The van der Waals surface area contributed by atoms with Crippen LogP contribution in [0.4, 0.5) is 17.6 Å². The summed E-state index contributed by atoms with van der Waals surface area (Å²) in [6.45, 7) is 0. The number of alkyl halides is 10. The van der Waals surface area contributed by atoms with Gasteiger partial charge in [-0.25, -0.2) is 4.39 Å². The van der Waals surface area contributed by atoms with E-state index in [0.29, 0.717) is 0 Å². The van der Waals surface area contributed by atoms with Crippen LogP contribution in [-0.2, 0) is 0 Å². The molecular weight excluding hydrogens is 653 g/mol. The Balaban J connectivity index is 5.30. The molecule has 1 unspecified atom stereocenters. The number of hydrogen-bond donors (Lipinski definition) is 0. The molecule has 0 aliphatic heterocycles. The van der Waals surface area contributed by atoms with Gasteiger partial charge in [0.1, 0.15) is 0 Å². The van der Waals surface area contributed by atoms with Crippen LogP contribution in [0.5, 0.6) is 0 Å². The van der Waals surface area contributed by atoms with Crippen LogP contribution >= 0.6 is 105 Å². The van der Waals surface area contributed by atoms with E-state index in [1.807, 2.05) is 15.9 Å². The van der Waals surface area contributed by atoms with Crippen molar-refractivity contribution in [1.29, 1.82) is 0 Å². The van der Waals surface area contributed by atoms with Crippen LogP contribution in [0, 0.1) is 0 Å². The zero-order valence-electron chi connectivity index (χ0n) is 5.78. The fourth-order valence-corrected chi connectivity index (χ4v) is 2.83. The van der Waals surface area contributed by atoms with E-state index in [9.17, 15) is 17.6 Å². The van der Waals surface area contributed by atoms with Crippen LogP contribution in [0.3, 0.4) is 0 Å². The standard InChI is InChI=1S/C4Br3ClF4I2/c5-1(6,3(8,13)14)2(7,9)4(10,11)12. The largest absolute Gasteiger partial charge is 0.435 e. The minimum Gasteiger partial charge on any atom is -0.218 e. The van der Waals surface area contributed by atoms with Gasteiger partial charge in [-0.05, 0) is 61.1 Å². The first kappa shape index (κ1) is 16.9. The first-order valence-corrected chi connectivity index (χ1v) is 7.55. The fourth-order valence-electron chi connectivity index (χ4n) is 0.356. The van der Waals surface area contributed by atoms with Crippen LogP contribution in [-0.4, -0.2) is 14.9 Å². The maximum atomic E-state index is 13.5. The van der Waals surface area contributed by atoms with E-state index >= 15 is 0 Å². The predicted molar refractivity (Wildman–Crippen MR) is 76.0 cm³/mol. The molecule has 0 aliphatic rings. The average Bonchev–Trinajstić information content (AvgIpc) is 1.81. The third-order valence-corrected chi connectivity index (χ3v) is 10.8. The van der Waals surface area contributed by atoms with Gasteiger partial charge in [0.25, 0.3) is 4.58 Å². The first-order valence-electron chi connectivity index (χ1n) is 2.64. The van der Waals surface area contributed by atoms with Gasteiger partial charge in [0.2, 0.25) is 0 Å². The van der Waals surface area contributed by atoms with Gasteiger partial charge in [0, 0.05) is 0 Å². The second-order valence-electron chi connectivity index (χ2n) is 2.14. The molecule has 0 rings (SSSR count). The van der Waals surface area contributed by atoms with Crippen molar-refractivity contribution in [3.63, 3.8) is 0 Å². The molecule has 10 heteroatoms. The maximum Gasteiger partial charge on any atom is 0.435 e. The minimum absolute atomic E-state index is 1.47. The molecule has 0 amide bonds. The molecular formula is C4Br3ClF4I2. The third kappa shape index (κ3) is 3.22. The van der Waals surface area contributed by atoms with Crippen LogP contribution in [0.2, 0.25) is 0 Å². The van der Waals surface area contributed by atoms with Crippen molar-refractivity contribution >= 4 is 105 Å². The normalized spacial score (nSPS) is 19.3. The van der Waals surface area contributed by atoms with E-state index in [0.717, 1.165) is 0 Å². The molecule has 0 aromatic rings. The quantitative estimate of drug-likeness (QED) is 0.199. The molecule has 0 heterocycles. The van der Waals surface area contributed by atoms with Crippen molar-refractivity contribution in [2.45, 2.75) is 14.9 Å². The minimum atomic E-state index is -5.10. The summed E-state index contributed by atoms with van der Waals surface area (Å²) in [5.41, 5.74) is 0. The van der Waals surface area contributed by atoms with Gasteiger partial charge in [-0.2, -0.15) is 13.2 Å². The Hall–Kier alpha value is 2.91. The molecule has 14 heavy (non-hydrogen) atoms. The molecule has 0 spiro atoms. The van der Waals surface area contributed by atoms with Crippen molar-refractivity contribution in [2.75, 3.05) is 0 Å². The Labute approximate surface area is 135 Å². The fraction of sp³-hybridized carbons (Fsp3) is 1.00. The Kier molecular flexibility index (Phi) is 5.90. The summed E-state index contributed by atoms with van der Waals surface area (Å²) in [5.74, 6) is 0. The maximum absolute atomic E-state index is 13.5. The van der Waals surface area contributed by atoms with Crippen LogP contribution in [0.15, 0.2) is 0 Å². The van der Waals surface area contributed by atoms with E-state index in [-0.39, 0.29) is 0 Å². The lowest BCUT2D eigenvalue weighted by Crippen LogP contribution is -2.54. The van der Waals surface area contributed by atoms with E-state index in [4.69, 9.17) is 11.6 Å². The molecule has 0 N–H and O–H groups in total. The zero-order chi connectivity index (χ0) is 12.0. The van der Waals surface area contributed by atoms with Gasteiger partial charge in [0.15, 0.2) is 4.12 Å². The summed E-state index contributed by atoms with van der Waals surface area (Å²) >= 11 is 15.7. The van der Waals surface area contributed by atoms with Gasteiger partial charge in [0.05, 0.1) is 0 Å². The lowest BCUT2D eigenvalue weighted by Gasteiger charge is -2.38. The zero-order valence-corrected chi connectivity index (χ0v) is 15.6. The van der Waals surface area contributed by atoms with E-state index in [1.165, 1.54) is 45.2 Å². The topological polar surface area (TPSA) is 0 Å². The van der Waals surface area contributed by atoms with Crippen LogP contribution < -0.4 is 0 Å². The summed E-state index contributed by atoms with van der Waals surface area (Å²) in [6.07, 6.45) is -5.10. The van der Waals surface area contributed by atoms with Crippen LogP contribution in [0.1, 0.15) is 0 Å². The molecule has 0 aromatic heterocycles. The molecule has 1 atom stereocenters. The first-order chi connectivity index (χ1) is 5.75. The molecule has 86 valence electrons. The third-order valence-electron chi connectivity index (χ3n) is 1.11. The molecule has 0 bridgehead atoms. The molecule has 0 aliphatic carbocycles. The predicted octanol–water partition coefficient (Wildman–Crippen LogP) is 5.86. The van der Waals surface area contributed by atoms with Gasteiger partial charge < -0.3 is 0 Å². The summed E-state index contributed by atoms with van der Waals surface area (Å²) in [6, 6.07) is 0. The average molecular weight is 653 g/mol. The number of halogens is 10. The molecule has 0 radical (unpaired) electrons.